The van der Waals surface area contributed by atoms with E-state index in [1.165, 1.54) is 5.56 Å². The van der Waals surface area contributed by atoms with Crippen LogP contribution < -0.4 is 10.1 Å². The van der Waals surface area contributed by atoms with Gasteiger partial charge in [-0.1, -0.05) is 35.9 Å². The smallest absolute Gasteiger partial charge is 0.410 e. The molecule has 2 heterocycles. The average molecular weight is 588 g/mol. The SMILES string of the molecule is Cc1ccc(-c2ccc3c(c2)C=C(C(=O)N[C@H]2CC[C@H](CN(C)C4CCN(C(=O)OC(C)(C)C)CC4)CC2)CCO3)cc1. The highest BCUT2D eigenvalue weighted by Gasteiger charge is 2.30. The molecular weight excluding hydrogens is 538 g/mol. The molecule has 2 fully saturated rings. The van der Waals surface area contributed by atoms with E-state index in [9.17, 15) is 9.59 Å². The summed E-state index contributed by atoms with van der Waals surface area (Å²) < 4.78 is 11.6. The van der Waals surface area contributed by atoms with Gasteiger partial charge in [0.1, 0.15) is 11.4 Å². The highest BCUT2D eigenvalue weighted by Crippen LogP contribution is 2.32. The van der Waals surface area contributed by atoms with Crippen LogP contribution in [0.25, 0.3) is 17.2 Å². The van der Waals surface area contributed by atoms with Gasteiger partial charge in [-0.15, -0.1) is 0 Å². The zero-order valence-corrected chi connectivity index (χ0v) is 26.7. The number of piperidine rings is 1. The van der Waals surface area contributed by atoms with Crippen LogP contribution in [0, 0.1) is 12.8 Å². The van der Waals surface area contributed by atoms with Crippen LogP contribution in [0.4, 0.5) is 4.79 Å². The van der Waals surface area contributed by atoms with Gasteiger partial charge in [0, 0.05) is 49.3 Å². The molecule has 7 heteroatoms. The first kappa shape index (κ1) is 31.1. The molecule has 3 aliphatic rings. The van der Waals surface area contributed by atoms with E-state index < -0.39 is 5.60 Å². The van der Waals surface area contributed by atoms with Gasteiger partial charge in [0.15, 0.2) is 0 Å². The van der Waals surface area contributed by atoms with Gasteiger partial charge in [-0.25, -0.2) is 4.79 Å². The highest BCUT2D eigenvalue weighted by atomic mass is 16.6. The van der Waals surface area contributed by atoms with E-state index in [1.54, 1.807) is 0 Å². The van der Waals surface area contributed by atoms with E-state index in [2.05, 4.69) is 60.6 Å². The Bertz CT molecular complexity index is 1300. The van der Waals surface area contributed by atoms with Crippen LogP contribution in [0.2, 0.25) is 0 Å². The molecule has 232 valence electrons. The summed E-state index contributed by atoms with van der Waals surface area (Å²) in [5, 5.41) is 3.34. The van der Waals surface area contributed by atoms with Crippen LogP contribution in [0.3, 0.4) is 0 Å². The third kappa shape index (κ3) is 8.41. The molecule has 1 aliphatic carbocycles. The minimum atomic E-state index is -0.457. The maximum absolute atomic E-state index is 13.4. The van der Waals surface area contributed by atoms with E-state index in [1.807, 2.05) is 37.8 Å². The van der Waals surface area contributed by atoms with Crippen LogP contribution in [0.15, 0.2) is 48.0 Å². The quantitative estimate of drug-likeness (QED) is 0.401. The standard InChI is InChI=1S/C36H49N3O4/c1-25-6-10-27(11-7-25)28-12-15-33-30(22-28)23-29(18-21-42-33)34(40)37-31-13-8-26(9-14-31)24-38(5)32-16-19-39(20-17-32)35(41)43-36(2,3)4/h6-7,10-12,15,22-23,26,31-32H,8-9,13-14,16-21,24H2,1-5H3,(H,37,40)/t26-,31-. The number of likely N-dealkylation sites (tertiary alicyclic amines) is 1. The maximum atomic E-state index is 13.4. The van der Waals surface area contributed by atoms with E-state index in [-0.39, 0.29) is 18.0 Å². The number of hydrogen-bond acceptors (Lipinski definition) is 5. The number of rotatable bonds is 6. The minimum absolute atomic E-state index is 0.0366. The average Bonchev–Trinajstić information content (AvgIpc) is 3.20. The van der Waals surface area contributed by atoms with Crippen molar-refractivity contribution < 1.29 is 19.1 Å². The number of carbonyl (C=O) groups excluding carboxylic acids is 2. The summed E-state index contributed by atoms with van der Waals surface area (Å²) in [5.74, 6) is 1.51. The van der Waals surface area contributed by atoms with Crippen molar-refractivity contribution in [3.05, 3.63) is 59.2 Å². The Labute approximate surface area is 257 Å². The molecule has 0 unspecified atom stereocenters. The third-order valence-corrected chi connectivity index (χ3v) is 9.11. The van der Waals surface area contributed by atoms with E-state index in [0.717, 1.165) is 86.2 Å². The summed E-state index contributed by atoms with van der Waals surface area (Å²) in [6, 6.07) is 15.5. The van der Waals surface area contributed by atoms with Crippen LogP contribution in [-0.4, -0.2) is 72.8 Å². The summed E-state index contributed by atoms with van der Waals surface area (Å²) in [7, 11) is 2.23. The number of benzene rings is 2. The molecule has 5 rings (SSSR count). The molecule has 1 saturated carbocycles. The van der Waals surface area contributed by atoms with Crippen molar-refractivity contribution in [3.63, 3.8) is 0 Å². The molecule has 0 radical (unpaired) electrons. The Morgan fingerprint density at radius 3 is 2.33 bits per heavy atom. The molecule has 7 nitrogen and oxygen atoms in total. The van der Waals surface area contributed by atoms with Gasteiger partial charge in [-0.2, -0.15) is 0 Å². The predicted octanol–water partition coefficient (Wildman–Crippen LogP) is 6.83. The summed E-state index contributed by atoms with van der Waals surface area (Å²) in [6.07, 6.45) is 8.66. The second-order valence-electron chi connectivity index (χ2n) is 13.7. The molecule has 2 amide bonds. The lowest BCUT2D eigenvalue weighted by Gasteiger charge is -2.39. The molecule has 0 bridgehead atoms. The van der Waals surface area contributed by atoms with Crippen molar-refractivity contribution in [3.8, 4) is 16.9 Å². The van der Waals surface area contributed by atoms with Crippen molar-refractivity contribution in [2.24, 2.45) is 5.92 Å². The van der Waals surface area contributed by atoms with Crippen molar-refractivity contribution in [1.82, 2.24) is 15.1 Å². The van der Waals surface area contributed by atoms with Gasteiger partial charge < -0.3 is 24.6 Å². The minimum Gasteiger partial charge on any atom is -0.493 e. The second kappa shape index (κ2) is 13.5. The van der Waals surface area contributed by atoms with Crippen molar-refractivity contribution in [1.29, 1.82) is 0 Å². The molecule has 2 aliphatic heterocycles. The van der Waals surface area contributed by atoms with Gasteiger partial charge in [-0.3, -0.25) is 4.79 Å². The number of carbonyl (C=O) groups is 2. The Balaban J connectivity index is 1.09. The Kier molecular flexibility index (Phi) is 9.80. The largest absolute Gasteiger partial charge is 0.493 e. The van der Waals surface area contributed by atoms with Crippen LogP contribution >= 0.6 is 0 Å². The molecule has 0 atom stereocenters. The second-order valence-corrected chi connectivity index (χ2v) is 13.7. The predicted molar refractivity (Wildman–Crippen MR) is 172 cm³/mol. The van der Waals surface area contributed by atoms with E-state index >= 15 is 0 Å². The van der Waals surface area contributed by atoms with Crippen molar-refractivity contribution >= 4 is 18.1 Å². The zero-order chi connectivity index (χ0) is 30.6. The van der Waals surface area contributed by atoms with Crippen molar-refractivity contribution in [2.75, 3.05) is 33.3 Å². The normalized spacial score (nSPS) is 21.3. The van der Waals surface area contributed by atoms with Gasteiger partial charge in [-0.05, 0) is 109 Å². The Morgan fingerprint density at radius 1 is 0.977 bits per heavy atom. The fourth-order valence-electron chi connectivity index (χ4n) is 6.57. The van der Waals surface area contributed by atoms with E-state index in [0.29, 0.717) is 25.0 Å². The fourth-order valence-corrected chi connectivity index (χ4v) is 6.57. The number of nitrogens with one attached hydrogen (secondary N) is 1. The first-order chi connectivity index (χ1) is 20.5. The first-order valence-corrected chi connectivity index (χ1v) is 16.1. The van der Waals surface area contributed by atoms with Gasteiger partial charge >= 0.3 is 6.09 Å². The maximum Gasteiger partial charge on any atom is 0.410 e. The lowest BCUT2D eigenvalue weighted by molar-refractivity contribution is -0.118. The molecule has 2 aromatic carbocycles. The number of aryl methyl sites for hydroxylation is 1. The molecule has 43 heavy (non-hydrogen) atoms. The first-order valence-electron chi connectivity index (χ1n) is 16.1. The Hall–Kier alpha value is -3.32. The summed E-state index contributed by atoms with van der Waals surface area (Å²) >= 11 is 0. The number of amides is 2. The summed E-state index contributed by atoms with van der Waals surface area (Å²) in [4.78, 5) is 30.1. The van der Waals surface area contributed by atoms with E-state index in [4.69, 9.17) is 9.47 Å². The fraction of sp³-hybridized carbons (Fsp3) is 0.556. The van der Waals surface area contributed by atoms with Gasteiger partial charge in [0.25, 0.3) is 0 Å². The monoisotopic (exact) mass is 587 g/mol. The summed E-state index contributed by atoms with van der Waals surface area (Å²) in [6.45, 7) is 10.9. The zero-order valence-electron chi connectivity index (χ0n) is 26.7. The van der Waals surface area contributed by atoms with Crippen LogP contribution in [-0.2, 0) is 9.53 Å². The molecule has 2 aromatic rings. The Morgan fingerprint density at radius 2 is 1.65 bits per heavy atom. The lowest BCUT2D eigenvalue weighted by atomic mass is 9.85. The van der Waals surface area contributed by atoms with Gasteiger partial charge in [0.2, 0.25) is 5.91 Å². The number of fused-ring (bicyclic) bond motifs is 1. The molecule has 1 saturated heterocycles. The molecular formula is C36H49N3O4. The molecule has 0 aromatic heterocycles. The van der Waals surface area contributed by atoms with Crippen molar-refractivity contribution in [2.45, 2.75) is 90.3 Å². The van der Waals surface area contributed by atoms with Crippen LogP contribution in [0.1, 0.15) is 76.8 Å². The number of hydrogen-bond donors (Lipinski definition) is 1. The number of nitrogens with zero attached hydrogens (tertiary/aromatic N) is 2. The third-order valence-electron chi connectivity index (χ3n) is 9.11. The summed E-state index contributed by atoms with van der Waals surface area (Å²) in [5.41, 5.74) is 4.81. The van der Waals surface area contributed by atoms with Gasteiger partial charge in [0.05, 0.1) is 6.61 Å². The molecule has 0 spiro atoms. The number of ether oxygens (including phenoxy) is 2. The lowest BCUT2D eigenvalue weighted by Crippen LogP contribution is -2.48. The molecule has 1 N–H and O–H groups in total. The highest BCUT2D eigenvalue weighted by molar-refractivity contribution is 5.98. The van der Waals surface area contributed by atoms with Crippen LogP contribution in [0.5, 0.6) is 5.75 Å². The topological polar surface area (TPSA) is 71.1 Å².